The zero-order valence-electron chi connectivity index (χ0n) is 9.64. The molecule has 1 heterocycles. The maximum Gasteiger partial charge on any atom is 0.222 e. The van der Waals surface area contributed by atoms with Crippen molar-refractivity contribution in [2.45, 2.75) is 30.6 Å². The average Bonchev–Trinajstić information content (AvgIpc) is 3.01. The highest BCUT2D eigenvalue weighted by Crippen LogP contribution is 2.46. The quantitative estimate of drug-likeness (QED) is 0.902. The van der Waals surface area contributed by atoms with Crippen molar-refractivity contribution >= 4 is 27.4 Å². The van der Waals surface area contributed by atoms with Gasteiger partial charge < -0.3 is 5.32 Å². The number of nitrogens with zero attached hydrogens (tertiary/aromatic N) is 2. The molecule has 17 heavy (non-hydrogen) atoms. The van der Waals surface area contributed by atoms with E-state index in [4.69, 9.17) is 11.6 Å². The molecular weight excluding hydrogens is 262 g/mol. The van der Waals surface area contributed by atoms with Crippen LogP contribution in [0.1, 0.15) is 19.8 Å². The van der Waals surface area contributed by atoms with E-state index in [1.165, 1.54) is 18.6 Å². The molecule has 7 heteroatoms. The number of hydrogen-bond acceptors (Lipinski definition) is 5. The molecule has 0 unspecified atom stereocenters. The molecule has 2 rings (SSSR count). The van der Waals surface area contributed by atoms with Crippen LogP contribution in [-0.2, 0) is 9.84 Å². The predicted octanol–water partition coefficient (Wildman–Crippen LogP) is 1.51. The number of sulfone groups is 1. The normalized spacial score (nSPS) is 19.7. The van der Waals surface area contributed by atoms with E-state index in [-0.39, 0.29) is 6.04 Å². The van der Waals surface area contributed by atoms with Gasteiger partial charge in [-0.3, -0.25) is 0 Å². The lowest BCUT2D eigenvalue weighted by atomic mass is 10.2. The molecule has 1 N–H and O–H groups in total. The van der Waals surface area contributed by atoms with E-state index >= 15 is 0 Å². The summed E-state index contributed by atoms with van der Waals surface area (Å²) in [5.74, 6) is 0.400. The van der Waals surface area contributed by atoms with Gasteiger partial charge in [0.25, 0.3) is 0 Å². The summed E-state index contributed by atoms with van der Waals surface area (Å²) in [6.45, 7) is 1.84. The first-order valence-electron chi connectivity index (χ1n) is 5.29. The maximum atomic E-state index is 11.7. The second-order valence-corrected chi connectivity index (χ2v) is 7.22. The van der Waals surface area contributed by atoms with Crippen LogP contribution >= 0.6 is 11.6 Å². The van der Waals surface area contributed by atoms with E-state index in [1.807, 2.05) is 6.92 Å². The van der Waals surface area contributed by atoms with Gasteiger partial charge in [-0.15, -0.1) is 0 Å². The summed E-state index contributed by atoms with van der Waals surface area (Å²) in [5.41, 5.74) is 0. The van der Waals surface area contributed by atoms with Crippen molar-refractivity contribution in [2.24, 2.45) is 0 Å². The zero-order chi connectivity index (χ0) is 12.7. The predicted molar refractivity (Wildman–Crippen MR) is 66.9 cm³/mol. The molecular formula is C10H14ClN3O2S. The number of anilines is 1. The molecule has 1 aliphatic carbocycles. The molecule has 5 nitrogen and oxygen atoms in total. The Morgan fingerprint density at radius 2 is 1.94 bits per heavy atom. The number of rotatable bonds is 4. The molecule has 1 atom stereocenters. The second-order valence-electron chi connectivity index (χ2n) is 4.43. The average molecular weight is 276 g/mol. The molecule has 1 aromatic rings. The van der Waals surface area contributed by atoms with E-state index in [9.17, 15) is 8.42 Å². The summed E-state index contributed by atoms with van der Waals surface area (Å²) in [7, 11) is -3.06. The Labute approximate surface area is 106 Å². The molecule has 0 spiro atoms. The third kappa shape index (κ3) is 2.37. The van der Waals surface area contributed by atoms with Crippen molar-refractivity contribution in [3.63, 3.8) is 0 Å². The summed E-state index contributed by atoms with van der Waals surface area (Å²) in [4.78, 5) is 7.99. The summed E-state index contributed by atoms with van der Waals surface area (Å²) in [6, 6.07) is -0.210. The van der Waals surface area contributed by atoms with Crippen LogP contribution in [0.3, 0.4) is 0 Å². The minimum Gasteiger partial charge on any atom is -0.350 e. The van der Waals surface area contributed by atoms with Gasteiger partial charge in [-0.1, -0.05) is 11.6 Å². The highest BCUT2D eigenvalue weighted by Gasteiger charge is 2.56. The molecule has 0 saturated heterocycles. The van der Waals surface area contributed by atoms with E-state index in [0.717, 1.165) is 0 Å². The maximum absolute atomic E-state index is 11.7. The lowest BCUT2D eigenvalue weighted by molar-refractivity contribution is 0.567. The minimum absolute atomic E-state index is 0.210. The lowest BCUT2D eigenvalue weighted by Crippen LogP contribution is -2.39. The van der Waals surface area contributed by atoms with Crippen LogP contribution in [0, 0.1) is 0 Å². The Morgan fingerprint density at radius 1 is 1.41 bits per heavy atom. The van der Waals surface area contributed by atoms with Gasteiger partial charge in [0.15, 0.2) is 9.84 Å². The first-order valence-corrected chi connectivity index (χ1v) is 7.56. The van der Waals surface area contributed by atoms with Crippen molar-refractivity contribution in [3.05, 3.63) is 17.4 Å². The summed E-state index contributed by atoms with van der Waals surface area (Å²) < 4.78 is 22.7. The number of nitrogens with one attached hydrogen (secondary N) is 1. The van der Waals surface area contributed by atoms with Gasteiger partial charge in [0, 0.05) is 12.3 Å². The van der Waals surface area contributed by atoms with Crippen molar-refractivity contribution < 1.29 is 8.42 Å². The third-order valence-corrected chi connectivity index (χ3v) is 5.67. The zero-order valence-corrected chi connectivity index (χ0v) is 11.2. The highest BCUT2D eigenvalue weighted by molar-refractivity contribution is 7.92. The molecule has 0 bridgehead atoms. The Bertz CT molecular complexity index is 511. The fourth-order valence-corrected chi connectivity index (χ4v) is 3.60. The van der Waals surface area contributed by atoms with Gasteiger partial charge in [-0.25, -0.2) is 18.4 Å². The lowest BCUT2D eigenvalue weighted by Gasteiger charge is -2.22. The molecule has 1 aliphatic rings. The smallest absolute Gasteiger partial charge is 0.222 e. The van der Waals surface area contributed by atoms with Gasteiger partial charge in [0.1, 0.15) is 0 Å². The number of hydrogen-bond donors (Lipinski definition) is 1. The first kappa shape index (κ1) is 12.6. The van der Waals surface area contributed by atoms with Crippen molar-refractivity contribution in [3.8, 4) is 0 Å². The van der Waals surface area contributed by atoms with Crippen LogP contribution in [0.4, 0.5) is 5.95 Å². The third-order valence-electron chi connectivity index (χ3n) is 3.24. The Hall–Kier alpha value is -0.880. The van der Waals surface area contributed by atoms with E-state index in [1.54, 1.807) is 0 Å². The highest BCUT2D eigenvalue weighted by atomic mass is 35.5. The van der Waals surface area contributed by atoms with E-state index in [0.29, 0.717) is 23.8 Å². The Kier molecular flexibility index (Phi) is 3.03. The molecule has 0 radical (unpaired) electrons. The van der Waals surface area contributed by atoms with Gasteiger partial charge in [0.05, 0.1) is 22.2 Å². The van der Waals surface area contributed by atoms with Crippen LogP contribution in [0.15, 0.2) is 12.4 Å². The number of halogens is 1. The van der Waals surface area contributed by atoms with Crippen LogP contribution < -0.4 is 5.32 Å². The summed E-state index contributed by atoms with van der Waals surface area (Å²) >= 11 is 5.67. The largest absolute Gasteiger partial charge is 0.350 e. The summed E-state index contributed by atoms with van der Waals surface area (Å²) in [5, 5.41) is 3.47. The van der Waals surface area contributed by atoms with Crippen molar-refractivity contribution in [2.75, 3.05) is 11.6 Å². The molecule has 0 aromatic carbocycles. The molecule has 1 aromatic heterocycles. The fourth-order valence-electron chi connectivity index (χ4n) is 1.96. The molecule has 94 valence electrons. The SMILES string of the molecule is C[C@H](Nc1ncc(Cl)cn1)C1(S(C)(=O)=O)CC1. The molecule has 1 fully saturated rings. The van der Waals surface area contributed by atoms with Gasteiger partial charge in [-0.2, -0.15) is 0 Å². The summed E-state index contributed by atoms with van der Waals surface area (Å²) in [6.07, 6.45) is 5.61. The monoisotopic (exact) mass is 275 g/mol. The van der Waals surface area contributed by atoms with Gasteiger partial charge in [-0.05, 0) is 19.8 Å². The van der Waals surface area contributed by atoms with Crippen molar-refractivity contribution in [1.82, 2.24) is 9.97 Å². The van der Waals surface area contributed by atoms with Gasteiger partial charge in [0.2, 0.25) is 5.95 Å². The molecule has 0 amide bonds. The minimum atomic E-state index is -3.06. The van der Waals surface area contributed by atoms with E-state index in [2.05, 4.69) is 15.3 Å². The Morgan fingerprint density at radius 3 is 2.35 bits per heavy atom. The van der Waals surface area contributed by atoms with Crippen molar-refractivity contribution in [1.29, 1.82) is 0 Å². The first-order chi connectivity index (χ1) is 7.85. The van der Waals surface area contributed by atoms with Crippen LogP contribution in [0.25, 0.3) is 0 Å². The topological polar surface area (TPSA) is 72.0 Å². The standard InChI is InChI=1S/C10H14ClN3O2S/c1-7(10(3-4-10)17(2,15)16)14-9-12-5-8(11)6-13-9/h5-7H,3-4H2,1-2H3,(H,12,13,14)/t7-/m0/s1. The number of aromatic nitrogens is 2. The van der Waals surface area contributed by atoms with Crippen LogP contribution in [-0.4, -0.2) is 35.4 Å². The van der Waals surface area contributed by atoms with E-state index < -0.39 is 14.6 Å². The van der Waals surface area contributed by atoms with Crippen LogP contribution in [0.2, 0.25) is 5.02 Å². The Balaban J connectivity index is 2.13. The molecule has 1 saturated carbocycles. The molecule has 0 aliphatic heterocycles. The second kappa shape index (κ2) is 4.10. The van der Waals surface area contributed by atoms with Gasteiger partial charge >= 0.3 is 0 Å². The van der Waals surface area contributed by atoms with Crippen LogP contribution in [0.5, 0.6) is 0 Å². The fraction of sp³-hybridized carbons (Fsp3) is 0.600.